The van der Waals surface area contributed by atoms with Crippen LogP contribution in [0.2, 0.25) is 0 Å². The van der Waals surface area contributed by atoms with Gasteiger partial charge >= 0.3 is 5.91 Å². The molecule has 8 heteroatoms. The molecule has 0 unspecified atom stereocenters. The van der Waals surface area contributed by atoms with Crippen molar-refractivity contribution in [3.8, 4) is 17.2 Å². The predicted molar refractivity (Wildman–Crippen MR) is 128 cm³/mol. The van der Waals surface area contributed by atoms with Crippen LogP contribution in [-0.4, -0.2) is 22.1 Å². The minimum atomic E-state index is -0.712. The van der Waals surface area contributed by atoms with Crippen LogP contribution < -0.4 is 4.74 Å². The minimum absolute atomic E-state index is 0.354. The first-order chi connectivity index (χ1) is 16.0. The molecule has 4 rings (SSSR count). The van der Waals surface area contributed by atoms with Gasteiger partial charge in [-0.05, 0) is 58.7 Å². The van der Waals surface area contributed by atoms with Crippen LogP contribution in [0.1, 0.15) is 23.1 Å². The van der Waals surface area contributed by atoms with E-state index in [2.05, 4.69) is 26.1 Å². The summed E-state index contributed by atoms with van der Waals surface area (Å²) >= 11 is 3.36. The highest BCUT2D eigenvalue weighted by molar-refractivity contribution is 9.10. The number of ether oxygens (including phenoxy) is 1. The Morgan fingerprint density at radius 3 is 2.58 bits per heavy atom. The van der Waals surface area contributed by atoms with Crippen molar-refractivity contribution < 1.29 is 13.9 Å². The lowest BCUT2D eigenvalue weighted by Crippen LogP contribution is -2.18. The topological polar surface area (TPSA) is 86.7 Å². The number of aryl methyl sites for hydroxylation is 1. The Kier molecular flexibility index (Phi) is 7.14. The maximum absolute atomic E-state index is 12.0. The van der Waals surface area contributed by atoms with E-state index >= 15 is 0 Å². The van der Waals surface area contributed by atoms with Crippen LogP contribution in [-0.2, 0) is 17.6 Å². The summed E-state index contributed by atoms with van der Waals surface area (Å²) in [6.07, 6.45) is 4.46. The summed E-state index contributed by atoms with van der Waals surface area (Å²) in [5, 5.41) is 2.62. The van der Waals surface area contributed by atoms with Crippen LogP contribution >= 0.6 is 15.9 Å². The van der Waals surface area contributed by atoms with Crippen LogP contribution in [0.5, 0.6) is 5.75 Å². The lowest BCUT2D eigenvalue weighted by Gasteiger charge is -2.14. The average Bonchev–Trinajstić information content (AvgIpc) is 3.44. The summed E-state index contributed by atoms with van der Waals surface area (Å²) in [6, 6.07) is 18.4. The molecular formula is C25H22BrN3O4. The highest BCUT2D eigenvalue weighted by atomic mass is 79.9. The van der Waals surface area contributed by atoms with Crippen molar-refractivity contribution in [2.24, 2.45) is 5.18 Å². The van der Waals surface area contributed by atoms with Gasteiger partial charge in [0.05, 0.1) is 12.3 Å². The summed E-state index contributed by atoms with van der Waals surface area (Å²) in [5.74, 6) is 1.39. The molecule has 1 atom stereocenters. The second-order valence-electron chi connectivity index (χ2n) is 7.56. The monoisotopic (exact) mass is 507 g/mol. The summed E-state index contributed by atoms with van der Waals surface area (Å²) in [4.78, 5) is 27.5. The van der Waals surface area contributed by atoms with Gasteiger partial charge in [-0.1, -0.05) is 30.3 Å². The molecule has 0 saturated carbocycles. The van der Waals surface area contributed by atoms with Gasteiger partial charge in [0.2, 0.25) is 5.89 Å². The van der Waals surface area contributed by atoms with Crippen molar-refractivity contribution in [2.45, 2.75) is 25.8 Å². The Labute approximate surface area is 199 Å². The number of hydrogen-bond acceptors (Lipinski definition) is 5. The molecule has 0 bridgehead atoms. The van der Waals surface area contributed by atoms with Gasteiger partial charge in [0, 0.05) is 40.4 Å². The van der Waals surface area contributed by atoms with Gasteiger partial charge in [0.25, 0.3) is 0 Å². The molecule has 1 amide bonds. The van der Waals surface area contributed by atoms with E-state index in [0.717, 1.165) is 27.1 Å². The number of nitrogens with zero attached hydrogens (tertiary/aromatic N) is 3. The number of nitroso groups, excluding NO2 is 1. The molecule has 0 radical (unpaired) electrons. The molecular weight excluding hydrogens is 486 g/mol. The van der Waals surface area contributed by atoms with Crippen molar-refractivity contribution in [1.29, 1.82) is 0 Å². The molecule has 2 aromatic carbocycles. The molecule has 168 valence electrons. The number of carbonyl (C=O) groups is 1. The maximum Gasteiger partial charge on any atom is 0.309 e. The minimum Gasteiger partial charge on any atom is -0.493 e. The second kappa shape index (κ2) is 10.4. The molecule has 2 aromatic heterocycles. The maximum atomic E-state index is 12.0. The Bertz CT molecular complexity index is 1230. The third kappa shape index (κ3) is 5.64. The fraction of sp³-hybridized carbons (Fsp3) is 0.200. The van der Waals surface area contributed by atoms with E-state index in [4.69, 9.17) is 9.15 Å². The zero-order valence-corrected chi connectivity index (χ0v) is 19.6. The van der Waals surface area contributed by atoms with E-state index in [9.17, 15) is 9.70 Å². The molecule has 0 N–H and O–H groups in total. The van der Waals surface area contributed by atoms with Crippen molar-refractivity contribution in [1.82, 2.24) is 9.55 Å². The van der Waals surface area contributed by atoms with E-state index in [-0.39, 0.29) is 0 Å². The van der Waals surface area contributed by atoms with Crippen LogP contribution in [0.25, 0.3) is 11.5 Å². The molecule has 0 aliphatic carbocycles. The molecule has 0 aliphatic rings. The van der Waals surface area contributed by atoms with Crippen molar-refractivity contribution >= 4 is 21.8 Å². The molecule has 2 heterocycles. The average molecular weight is 508 g/mol. The number of carbonyl (C=O) groups excluding carboxylic acids is 1. The SMILES string of the molecule is Cc1oc(-c2ccccc2)nc1CCOc1ccc(C[C@@H](C(=O)N=O)n2ccc(Br)c2)cc1. The van der Waals surface area contributed by atoms with E-state index in [1.165, 1.54) is 0 Å². The fourth-order valence-corrected chi connectivity index (χ4v) is 3.89. The molecule has 4 aromatic rings. The first-order valence-electron chi connectivity index (χ1n) is 10.5. The number of oxazole rings is 1. The highest BCUT2D eigenvalue weighted by Crippen LogP contribution is 2.23. The molecule has 0 spiro atoms. The molecule has 0 saturated heterocycles. The number of aromatic nitrogens is 2. The Morgan fingerprint density at radius 1 is 1.15 bits per heavy atom. The summed E-state index contributed by atoms with van der Waals surface area (Å²) in [6.45, 7) is 2.35. The van der Waals surface area contributed by atoms with E-state index in [1.807, 2.05) is 61.5 Å². The first kappa shape index (κ1) is 22.7. The number of benzene rings is 2. The second-order valence-corrected chi connectivity index (χ2v) is 8.47. The third-order valence-corrected chi connectivity index (χ3v) is 5.76. The smallest absolute Gasteiger partial charge is 0.309 e. The predicted octanol–water partition coefficient (Wildman–Crippen LogP) is 5.91. The lowest BCUT2D eigenvalue weighted by atomic mass is 10.1. The van der Waals surface area contributed by atoms with Gasteiger partial charge in [-0.25, -0.2) is 4.98 Å². The van der Waals surface area contributed by atoms with Gasteiger partial charge in [0.1, 0.15) is 17.6 Å². The van der Waals surface area contributed by atoms with Crippen molar-refractivity contribution in [2.75, 3.05) is 6.61 Å². The Balaban J connectivity index is 1.35. The summed E-state index contributed by atoms with van der Waals surface area (Å²) in [7, 11) is 0. The van der Waals surface area contributed by atoms with E-state index < -0.39 is 11.9 Å². The molecule has 7 nitrogen and oxygen atoms in total. The Morgan fingerprint density at radius 2 is 1.91 bits per heavy atom. The molecule has 0 aliphatic heterocycles. The number of amides is 1. The van der Waals surface area contributed by atoms with Gasteiger partial charge < -0.3 is 13.7 Å². The molecule has 33 heavy (non-hydrogen) atoms. The normalized spacial score (nSPS) is 11.8. The van der Waals surface area contributed by atoms with E-state index in [0.29, 0.717) is 31.1 Å². The van der Waals surface area contributed by atoms with Crippen molar-refractivity contribution in [3.05, 3.63) is 99.5 Å². The van der Waals surface area contributed by atoms with Gasteiger partial charge in [-0.2, -0.15) is 0 Å². The quantitative estimate of drug-likeness (QED) is 0.262. The lowest BCUT2D eigenvalue weighted by molar-refractivity contribution is -0.121. The number of hydrogen-bond donors (Lipinski definition) is 0. The Hall–Kier alpha value is -3.52. The zero-order chi connectivity index (χ0) is 23.2. The van der Waals surface area contributed by atoms with Crippen LogP contribution in [0.4, 0.5) is 0 Å². The largest absolute Gasteiger partial charge is 0.493 e. The van der Waals surface area contributed by atoms with Crippen LogP contribution in [0.15, 0.2) is 87.1 Å². The number of halogens is 1. The van der Waals surface area contributed by atoms with Gasteiger partial charge in [-0.15, -0.1) is 4.91 Å². The van der Waals surface area contributed by atoms with Gasteiger partial charge in [-0.3, -0.25) is 4.79 Å². The third-order valence-electron chi connectivity index (χ3n) is 5.29. The fourth-order valence-electron chi connectivity index (χ4n) is 3.54. The van der Waals surface area contributed by atoms with Crippen LogP contribution in [0, 0.1) is 11.8 Å². The first-order valence-corrected chi connectivity index (χ1v) is 11.3. The van der Waals surface area contributed by atoms with Crippen molar-refractivity contribution in [3.63, 3.8) is 0 Å². The highest BCUT2D eigenvalue weighted by Gasteiger charge is 2.21. The summed E-state index contributed by atoms with van der Waals surface area (Å²) in [5.41, 5.74) is 2.71. The van der Waals surface area contributed by atoms with Gasteiger partial charge in [0.15, 0.2) is 0 Å². The van der Waals surface area contributed by atoms with E-state index in [1.54, 1.807) is 23.0 Å². The standard InChI is InChI=1S/C25H22BrN3O4/c1-17-22(27-25(33-17)19-5-3-2-4-6-19)12-14-32-21-9-7-18(8-10-21)15-23(24(30)28-31)29-13-11-20(26)16-29/h2-11,13,16,23H,12,14-15H2,1H3/t23-/m0/s1. The summed E-state index contributed by atoms with van der Waals surface area (Å²) < 4.78 is 14.2. The van der Waals surface area contributed by atoms with Crippen LogP contribution in [0.3, 0.4) is 0 Å². The zero-order valence-electron chi connectivity index (χ0n) is 18.0. The number of rotatable bonds is 9. The molecule has 0 fully saturated rings.